The molecule has 1 aliphatic rings. The molecule has 7 heteroatoms. The van der Waals surface area contributed by atoms with Crippen LogP contribution in [0.25, 0.3) is 5.57 Å². The highest BCUT2D eigenvalue weighted by Crippen LogP contribution is 2.31. The van der Waals surface area contributed by atoms with E-state index in [9.17, 15) is 9.59 Å². The molecule has 0 unspecified atom stereocenters. The van der Waals surface area contributed by atoms with E-state index in [1.807, 2.05) is 24.3 Å². The number of benzene rings is 2. The van der Waals surface area contributed by atoms with Crippen LogP contribution >= 0.6 is 27.5 Å². The SMILES string of the molecule is COCCN1C(=O)C(Nc2cccc(Br)c2)=C(c2ccc(Cl)cc2)C1=O. The molecule has 2 amide bonds. The first kappa shape index (κ1) is 18.6. The average molecular weight is 436 g/mol. The molecule has 0 saturated carbocycles. The van der Waals surface area contributed by atoms with Crippen molar-refractivity contribution in [3.8, 4) is 0 Å². The summed E-state index contributed by atoms with van der Waals surface area (Å²) in [5, 5.41) is 3.65. The van der Waals surface area contributed by atoms with E-state index >= 15 is 0 Å². The smallest absolute Gasteiger partial charge is 0.278 e. The third-order valence-electron chi connectivity index (χ3n) is 3.91. The number of hydrogen-bond donors (Lipinski definition) is 1. The summed E-state index contributed by atoms with van der Waals surface area (Å²) in [6, 6.07) is 14.2. The fraction of sp³-hybridized carbons (Fsp3) is 0.158. The number of nitrogens with one attached hydrogen (secondary N) is 1. The van der Waals surface area contributed by atoms with Gasteiger partial charge in [-0.3, -0.25) is 14.5 Å². The first-order valence-electron chi connectivity index (χ1n) is 7.89. The van der Waals surface area contributed by atoms with Crippen molar-refractivity contribution in [2.45, 2.75) is 0 Å². The van der Waals surface area contributed by atoms with E-state index in [1.54, 1.807) is 24.3 Å². The lowest BCUT2D eigenvalue weighted by Crippen LogP contribution is -2.35. The molecular formula is C19H16BrClN2O3. The molecule has 0 spiro atoms. The van der Waals surface area contributed by atoms with Gasteiger partial charge in [0, 0.05) is 22.3 Å². The van der Waals surface area contributed by atoms with Gasteiger partial charge in [0.05, 0.1) is 18.7 Å². The van der Waals surface area contributed by atoms with Crippen LogP contribution in [0.1, 0.15) is 5.56 Å². The highest BCUT2D eigenvalue weighted by atomic mass is 79.9. The van der Waals surface area contributed by atoms with Gasteiger partial charge in [-0.15, -0.1) is 0 Å². The number of ether oxygens (including phenoxy) is 1. The van der Waals surface area contributed by atoms with Crippen LogP contribution in [0.3, 0.4) is 0 Å². The molecule has 0 radical (unpaired) electrons. The second kappa shape index (κ2) is 8.03. The van der Waals surface area contributed by atoms with Crippen molar-refractivity contribution < 1.29 is 14.3 Å². The minimum atomic E-state index is -0.378. The Morgan fingerprint density at radius 2 is 1.85 bits per heavy atom. The van der Waals surface area contributed by atoms with Crippen molar-refractivity contribution in [2.75, 3.05) is 25.6 Å². The molecule has 1 N–H and O–H groups in total. The van der Waals surface area contributed by atoms with E-state index in [-0.39, 0.29) is 30.7 Å². The molecule has 0 aromatic heterocycles. The van der Waals surface area contributed by atoms with E-state index in [0.29, 0.717) is 21.8 Å². The Bertz CT molecular complexity index is 881. The zero-order chi connectivity index (χ0) is 18.7. The molecule has 1 heterocycles. The van der Waals surface area contributed by atoms with E-state index < -0.39 is 0 Å². The maximum Gasteiger partial charge on any atom is 0.278 e. The Morgan fingerprint density at radius 3 is 2.50 bits per heavy atom. The highest BCUT2D eigenvalue weighted by Gasteiger charge is 2.38. The third kappa shape index (κ3) is 3.82. The third-order valence-corrected chi connectivity index (χ3v) is 4.66. The van der Waals surface area contributed by atoms with Crippen LogP contribution in [-0.2, 0) is 14.3 Å². The van der Waals surface area contributed by atoms with E-state index in [4.69, 9.17) is 16.3 Å². The Hall–Kier alpha value is -2.15. The molecule has 1 aliphatic heterocycles. The van der Waals surface area contributed by atoms with Crippen LogP contribution in [0.15, 0.2) is 58.7 Å². The summed E-state index contributed by atoms with van der Waals surface area (Å²) in [6.07, 6.45) is 0. The van der Waals surface area contributed by atoms with Crippen LogP contribution in [0.4, 0.5) is 5.69 Å². The standard InChI is InChI=1S/C19H16BrClN2O3/c1-26-10-9-23-18(24)16(12-5-7-14(21)8-6-12)17(19(23)25)22-15-4-2-3-13(20)11-15/h2-8,11,22H,9-10H2,1H3. The van der Waals surface area contributed by atoms with Crippen LogP contribution in [0.5, 0.6) is 0 Å². The molecule has 0 atom stereocenters. The van der Waals surface area contributed by atoms with Gasteiger partial charge < -0.3 is 10.1 Å². The number of carbonyl (C=O) groups excluding carboxylic acids is 2. The molecule has 2 aromatic carbocycles. The lowest BCUT2D eigenvalue weighted by atomic mass is 10.0. The second-order valence-corrected chi connectivity index (χ2v) is 7.00. The largest absolute Gasteiger partial charge is 0.383 e. The number of carbonyl (C=O) groups is 2. The number of imide groups is 1. The van der Waals surface area contributed by atoms with Crippen molar-refractivity contribution in [1.82, 2.24) is 4.90 Å². The Morgan fingerprint density at radius 1 is 1.12 bits per heavy atom. The van der Waals surface area contributed by atoms with Gasteiger partial charge in [0.15, 0.2) is 0 Å². The molecule has 0 aliphatic carbocycles. The monoisotopic (exact) mass is 434 g/mol. The number of nitrogens with zero attached hydrogens (tertiary/aromatic N) is 1. The topological polar surface area (TPSA) is 58.6 Å². The van der Waals surface area contributed by atoms with Gasteiger partial charge in [-0.25, -0.2) is 0 Å². The number of anilines is 1. The van der Waals surface area contributed by atoms with Gasteiger partial charge in [-0.05, 0) is 35.9 Å². The van der Waals surface area contributed by atoms with E-state index in [0.717, 1.165) is 4.47 Å². The lowest BCUT2D eigenvalue weighted by molar-refractivity contribution is -0.137. The van der Waals surface area contributed by atoms with Crippen molar-refractivity contribution in [3.63, 3.8) is 0 Å². The normalized spacial score (nSPS) is 14.3. The molecule has 26 heavy (non-hydrogen) atoms. The quantitative estimate of drug-likeness (QED) is 0.698. The molecule has 2 aromatic rings. The van der Waals surface area contributed by atoms with Gasteiger partial charge in [-0.2, -0.15) is 0 Å². The van der Waals surface area contributed by atoms with Gasteiger partial charge in [0.2, 0.25) is 0 Å². The number of amides is 2. The Kier molecular flexibility index (Phi) is 5.76. The first-order valence-corrected chi connectivity index (χ1v) is 9.06. The number of hydrogen-bond acceptors (Lipinski definition) is 4. The molecule has 0 fully saturated rings. The predicted molar refractivity (Wildman–Crippen MR) is 105 cm³/mol. The molecule has 5 nitrogen and oxygen atoms in total. The fourth-order valence-electron chi connectivity index (χ4n) is 2.67. The maximum absolute atomic E-state index is 12.9. The van der Waals surface area contributed by atoms with Crippen LogP contribution in [-0.4, -0.2) is 37.0 Å². The Balaban J connectivity index is 2.03. The number of rotatable bonds is 6. The highest BCUT2D eigenvalue weighted by molar-refractivity contribution is 9.10. The van der Waals surface area contributed by atoms with Gasteiger partial charge in [-0.1, -0.05) is 45.7 Å². The maximum atomic E-state index is 12.9. The summed E-state index contributed by atoms with van der Waals surface area (Å²) in [7, 11) is 1.53. The molecule has 0 saturated heterocycles. The predicted octanol–water partition coefficient (Wildman–Crippen LogP) is 3.94. The van der Waals surface area contributed by atoms with E-state index in [2.05, 4.69) is 21.2 Å². The summed E-state index contributed by atoms with van der Waals surface area (Å²) >= 11 is 9.35. The number of methoxy groups -OCH3 is 1. The molecule has 134 valence electrons. The lowest BCUT2D eigenvalue weighted by Gasteiger charge is -2.14. The fourth-order valence-corrected chi connectivity index (χ4v) is 3.20. The van der Waals surface area contributed by atoms with Crippen LogP contribution in [0, 0.1) is 0 Å². The summed E-state index contributed by atoms with van der Waals surface area (Å²) in [5.74, 6) is -0.733. The van der Waals surface area contributed by atoms with Gasteiger partial charge >= 0.3 is 0 Å². The van der Waals surface area contributed by atoms with Crippen molar-refractivity contribution in [1.29, 1.82) is 0 Å². The molecule has 0 bridgehead atoms. The minimum absolute atomic E-state index is 0.189. The van der Waals surface area contributed by atoms with Gasteiger partial charge in [0.25, 0.3) is 11.8 Å². The summed E-state index contributed by atoms with van der Waals surface area (Å²) in [4.78, 5) is 26.9. The minimum Gasteiger partial charge on any atom is -0.383 e. The van der Waals surface area contributed by atoms with Crippen LogP contribution in [0.2, 0.25) is 5.02 Å². The molecular weight excluding hydrogens is 420 g/mol. The van der Waals surface area contributed by atoms with Crippen molar-refractivity contribution in [3.05, 3.63) is 69.3 Å². The zero-order valence-corrected chi connectivity index (χ0v) is 16.3. The summed E-state index contributed by atoms with van der Waals surface area (Å²) in [6.45, 7) is 0.463. The summed E-state index contributed by atoms with van der Waals surface area (Å²) < 4.78 is 5.88. The zero-order valence-electron chi connectivity index (χ0n) is 14.0. The first-order chi connectivity index (χ1) is 12.5. The van der Waals surface area contributed by atoms with Crippen molar-refractivity contribution in [2.24, 2.45) is 0 Å². The second-order valence-electron chi connectivity index (χ2n) is 5.65. The van der Waals surface area contributed by atoms with Crippen LogP contribution < -0.4 is 5.32 Å². The van der Waals surface area contributed by atoms with Gasteiger partial charge in [0.1, 0.15) is 5.70 Å². The molecule has 3 rings (SSSR count). The summed E-state index contributed by atoms with van der Waals surface area (Å²) in [5.41, 5.74) is 1.90. The van der Waals surface area contributed by atoms with Crippen molar-refractivity contribution >= 4 is 50.6 Å². The number of halogens is 2. The Labute approximate surface area is 164 Å². The van der Waals surface area contributed by atoms with E-state index in [1.165, 1.54) is 12.0 Å². The average Bonchev–Trinajstić information content (AvgIpc) is 2.84.